The number of thiocarbonyl (C=S) groups is 2. The lowest BCUT2D eigenvalue weighted by atomic mass is 10.2. The fourth-order valence-electron chi connectivity index (χ4n) is 3.26. The van der Waals surface area contributed by atoms with Crippen molar-refractivity contribution in [2.24, 2.45) is 10.2 Å². The highest BCUT2D eigenvalue weighted by Crippen LogP contribution is 2.33. The minimum atomic E-state index is 0.263. The fraction of sp³-hybridized carbons (Fsp3) is 0.0833. The predicted octanol–water partition coefficient (Wildman–Crippen LogP) is 6.58. The van der Waals surface area contributed by atoms with Crippen molar-refractivity contribution in [1.29, 1.82) is 0 Å². The highest BCUT2D eigenvalue weighted by Gasteiger charge is 2.12. The van der Waals surface area contributed by atoms with Crippen molar-refractivity contribution in [3.05, 3.63) is 83.9 Å². The third-order valence-corrected chi connectivity index (χ3v) is 5.40. The number of hydrogen-bond acceptors (Lipinski definition) is 4. The first-order valence-corrected chi connectivity index (χ1v) is 11.1. The van der Waals surface area contributed by atoms with Gasteiger partial charge in [-0.15, -0.1) is 10.2 Å². The van der Waals surface area contributed by atoms with E-state index in [-0.39, 0.29) is 5.11 Å². The van der Waals surface area contributed by atoms with Crippen molar-refractivity contribution in [3.8, 4) is 0 Å². The van der Waals surface area contributed by atoms with Gasteiger partial charge in [-0.3, -0.25) is 10.9 Å². The highest BCUT2D eigenvalue weighted by molar-refractivity contribution is 7.80. The van der Waals surface area contributed by atoms with Crippen LogP contribution < -0.4 is 21.5 Å². The van der Waals surface area contributed by atoms with E-state index in [0.29, 0.717) is 16.6 Å². The second kappa shape index (κ2) is 10.2. The van der Waals surface area contributed by atoms with Crippen LogP contribution in [0.3, 0.4) is 0 Å². The molecule has 0 fully saturated rings. The van der Waals surface area contributed by atoms with E-state index in [1.165, 1.54) is 0 Å². The van der Waals surface area contributed by atoms with Crippen molar-refractivity contribution in [2.45, 2.75) is 13.8 Å². The van der Waals surface area contributed by atoms with Crippen molar-refractivity contribution in [3.63, 3.8) is 0 Å². The number of benzene rings is 3. The smallest absolute Gasteiger partial charge is 0.218 e. The normalized spacial score (nSPS) is 10.8. The van der Waals surface area contributed by atoms with E-state index < -0.39 is 0 Å². The summed E-state index contributed by atoms with van der Waals surface area (Å²) in [4.78, 5) is 3.26. The molecule has 166 valence electrons. The Morgan fingerprint density at radius 1 is 0.788 bits per heavy atom. The number of H-pyrrole nitrogens is 1. The van der Waals surface area contributed by atoms with E-state index >= 15 is 0 Å². The van der Waals surface area contributed by atoms with Gasteiger partial charge in [0.25, 0.3) is 0 Å². The Morgan fingerprint density at radius 3 is 2.09 bits per heavy atom. The monoisotopic (exact) mass is 473 g/mol. The van der Waals surface area contributed by atoms with E-state index in [0.717, 1.165) is 33.4 Å². The molecule has 3 aromatic carbocycles. The van der Waals surface area contributed by atoms with E-state index in [1.807, 2.05) is 86.6 Å². The van der Waals surface area contributed by atoms with Crippen LogP contribution in [0.4, 0.5) is 22.9 Å². The predicted molar refractivity (Wildman–Crippen MR) is 144 cm³/mol. The number of nitrogens with zero attached hydrogens (tertiary/aromatic N) is 2. The first-order chi connectivity index (χ1) is 16.0. The fourth-order valence-corrected chi connectivity index (χ4v) is 3.58. The van der Waals surface area contributed by atoms with Gasteiger partial charge < -0.3 is 15.6 Å². The molecule has 0 spiro atoms. The van der Waals surface area contributed by atoms with Gasteiger partial charge in [0.05, 0.1) is 0 Å². The van der Waals surface area contributed by atoms with E-state index in [1.54, 1.807) is 0 Å². The molecule has 0 radical (unpaired) electrons. The number of anilines is 3. The molecule has 0 saturated carbocycles. The van der Waals surface area contributed by atoms with Crippen LogP contribution in [0.25, 0.3) is 10.9 Å². The van der Waals surface area contributed by atoms with Gasteiger partial charge in [-0.25, -0.2) is 0 Å². The Morgan fingerprint density at radius 2 is 1.39 bits per heavy atom. The number of nitrogens with one attached hydrogen (secondary N) is 5. The summed E-state index contributed by atoms with van der Waals surface area (Å²) >= 11 is 10.8. The zero-order valence-electron chi connectivity index (χ0n) is 18.1. The molecule has 1 aromatic heterocycles. The van der Waals surface area contributed by atoms with Gasteiger partial charge >= 0.3 is 0 Å². The molecule has 0 aliphatic carbocycles. The third-order valence-electron chi connectivity index (χ3n) is 5.01. The maximum Gasteiger partial charge on any atom is 0.218 e. The number of hydrogen-bond donors (Lipinski definition) is 5. The lowest BCUT2D eigenvalue weighted by Gasteiger charge is -2.14. The topological polar surface area (TPSA) is 88.6 Å². The summed E-state index contributed by atoms with van der Waals surface area (Å²) in [6.45, 7) is 4.02. The second-order valence-electron chi connectivity index (χ2n) is 7.36. The van der Waals surface area contributed by atoms with Gasteiger partial charge in [0.15, 0.2) is 10.9 Å². The molecule has 0 unspecified atom stereocenters. The molecule has 5 N–H and O–H groups in total. The second-order valence-corrected chi connectivity index (χ2v) is 8.15. The molecule has 33 heavy (non-hydrogen) atoms. The third kappa shape index (κ3) is 5.51. The van der Waals surface area contributed by atoms with Gasteiger partial charge in [0.2, 0.25) is 5.11 Å². The molecule has 0 amide bonds. The number of azo groups is 1. The van der Waals surface area contributed by atoms with Gasteiger partial charge in [-0.1, -0.05) is 54.6 Å². The summed E-state index contributed by atoms with van der Waals surface area (Å²) in [5, 5.41) is 16.5. The molecule has 0 atom stereocenters. The van der Waals surface area contributed by atoms with Crippen LogP contribution in [0.15, 0.2) is 83.0 Å². The van der Waals surface area contributed by atoms with Crippen molar-refractivity contribution < 1.29 is 0 Å². The number of hydrazine groups is 1. The zero-order valence-corrected chi connectivity index (χ0v) is 19.8. The minimum absolute atomic E-state index is 0.263. The van der Waals surface area contributed by atoms with Crippen LogP contribution in [0, 0.1) is 13.8 Å². The van der Waals surface area contributed by atoms with Crippen molar-refractivity contribution in [2.75, 3.05) is 16.1 Å². The summed E-state index contributed by atoms with van der Waals surface area (Å²) < 4.78 is 0. The Kier molecular flexibility index (Phi) is 6.92. The average molecular weight is 474 g/mol. The molecular formula is C24H23N7S2. The summed E-state index contributed by atoms with van der Waals surface area (Å²) in [5.74, 6) is 0.524. The molecule has 1 heterocycles. The van der Waals surface area contributed by atoms with Gasteiger partial charge in [0.1, 0.15) is 5.69 Å². The zero-order chi connectivity index (χ0) is 23.2. The van der Waals surface area contributed by atoms with Gasteiger partial charge in [-0.05, 0) is 67.6 Å². The van der Waals surface area contributed by atoms with Crippen molar-refractivity contribution >= 4 is 68.4 Å². The summed E-state index contributed by atoms with van der Waals surface area (Å²) in [6, 6.07) is 23.6. The molecule has 4 rings (SSSR count). The van der Waals surface area contributed by atoms with E-state index in [2.05, 4.69) is 36.7 Å². The number of aromatic amines is 1. The molecular weight excluding hydrogens is 450 g/mol. The van der Waals surface area contributed by atoms with Crippen LogP contribution in [0.5, 0.6) is 0 Å². The summed E-state index contributed by atoms with van der Waals surface area (Å²) in [6.07, 6.45) is 0. The SMILES string of the molecule is Cc1ccccc1NC(=S)/N=N/c1[nH]c2ccccc2c1NNC(=S)Nc1ccccc1C. The number of rotatable bonds is 5. The van der Waals surface area contributed by atoms with Crippen LogP contribution in [0.2, 0.25) is 0 Å². The Labute approximate surface area is 202 Å². The molecule has 9 heteroatoms. The maximum absolute atomic E-state index is 5.45. The number of aryl methyl sites for hydroxylation is 2. The Hall–Kier alpha value is -3.82. The van der Waals surface area contributed by atoms with Crippen LogP contribution in [-0.4, -0.2) is 15.2 Å². The lowest BCUT2D eigenvalue weighted by Crippen LogP contribution is -2.33. The van der Waals surface area contributed by atoms with E-state index in [9.17, 15) is 0 Å². The quantitative estimate of drug-likeness (QED) is 0.128. The number of aromatic nitrogens is 1. The number of fused-ring (bicyclic) bond motifs is 1. The first kappa shape index (κ1) is 22.4. The Bertz CT molecular complexity index is 1340. The Balaban J connectivity index is 1.50. The molecule has 0 bridgehead atoms. The van der Waals surface area contributed by atoms with Crippen LogP contribution >= 0.6 is 24.4 Å². The van der Waals surface area contributed by atoms with Gasteiger partial charge in [0, 0.05) is 22.3 Å². The van der Waals surface area contributed by atoms with E-state index in [4.69, 9.17) is 24.4 Å². The molecule has 0 aliphatic heterocycles. The standard InChI is InChI=1S/C24H23N7S2/c1-15-9-3-6-12-18(15)26-23(32)30-28-21-17-11-5-8-14-20(17)25-22(21)29-31-24(33)27-19-13-7-4-10-16(19)2/h3-14,25,28H,1-2H3,(H,27,33)(H2,26,30,32)/b31-29+. The van der Waals surface area contributed by atoms with Gasteiger partial charge in [-0.2, -0.15) is 0 Å². The highest BCUT2D eigenvalue weighted by atomic mass is 32.1. The molecule has 4 aromatic rings. The first-order valence-electron chi connectivity index (χ1n) is 10.3. The summed E-state index contributed by atoms with van der Waals surface area (Å²) in [5.41, 5.74) is 11.8. The average Bonchev–Trinajstić information content (AvgIpc) is 3.17. The molecule has 7 nitrogen and oxygen atoms in total. The number of para-hydroxylation sites is 3. The van der Waals surface area contributed by atoms with Crippen LogP contribution in [-0.2, 0) is 0 Å². The molecule has 0 saturated heterocycles. The lowest BCUT2D eigenvalue weighted by molar-refractivity contribution is 1.13. The van der Waals surface area contributed by atoms with Crippen LogP contribution in [0.1, 0.15) is 11.1 Å². The van der Waals surface area contributed by atoms with Crippen molar-refractivity contribution in [1.82, 2.24) is 10.4 Å². The largest absolute Gasteiger partial charge is 0.336 e. The minimum Gasteiger partial charge on any atom is -0.336 e. The molecule has 0 aliphatic rings. The maximum atomic E-state index is 5.45. The summed E-state index contributed by atoms with van der Waals surface area (Å²) in [7, 11) is 0.